The van der Waals surface area contributed by atoms with Gasteiger partial charge in [0.15, 0.2) is 0 Å². The van der Waals surface area contributed by atoms with Crippen LogP contribution in [-0.2, 0) is 11.2 Å². The van der Waals surface area contributed by atoms with Gasteiger partial charge in [0.2, 0.25) is 0 Å². The van der Waals surface area contributed by atoms with Crippen LogP contribution < -0.4 is 0 Å². The van der Waals surface area contributed by atoms with Crippen LogP contribution in [-0.4, -0.2) is 37.7 Å². The molecule has 0 spiro atoms. The van der Waals surface area contributed by atoms with Crippen LogP contribution in [0.1, 0.15) is 43.7 Å². The lowest BCUT2D eigenvalue weighted by atomic mass is 10.00. The van der Waals surface area contributed by atoms with E-state index in [1.54, 1.807) is 0 Å². The number of nitrogens with zero attached hydrogens (tertiary/aromatic N) is 1. The number of hydrogen-bond acceptors (Lipinski definition) is 2. The van der Waals surface area contributed by atoms with Gasteiger partial charge in [0.1, 0.15) is 0 Å². The molecule has 0 N–H and O–H groups in total. The van der Waals surface area contributed by atoms with Gasteiger partial charge in [-0.1, -0.05) is 38.1 Å². The van der Waals surface area contributed by atoms with Crippen molar-refractivity contribution in [2.75, 3.05) is 32.8 Å². The van der Waals surface area contributed by atoms with E-state index in [1.165, 1.54) is 36.9 Å². The summed E-state index contributed by atoms with van der Waals surface area (Å²) in [5.41, 5.74) is 2.92. The second kappa shape index (κ2) is 7.66. The van der Waals surface area contributed by atoms with Crippen molar-refractivity contribution in [3.8, 4) is 0 Å². The molecule has 106 valence electrons. The molecule has 1 aromatic rings. The van der Waals surface area contributed by atoms with Gasteiger partial charge in [-0.15, -0.1) is 0 Å². The van der Waals surface area contributed by atoms with E-state index in [2.05, 4.69) is 43.0 Å². The minimum atomic E-state index is 0.635. The Kier molecular flexibility index (Phi) is 5.87. The average molecular weight is 261 g/mol. The lowest BCUT2D eigenvalue weighted by molar-refractivity contribution is 0.0372. The van der Waals surface area contributed by atoms with Gasteiger partial charge < -0.3 is 4.74 Å². The highest BCUT2D eigenvalue weighted by Crippen LogP contribution is 2.15. The van der Waals surface area contributed by atoms with Gasteiger partial charge in [0.25, 0.3) is 0 Å². The van der Waals surface area contributed by atoms with E-state index in [1.807, 2.05) is 0 Å². The van der Waals surface area contributed by atoms with Gasteiger partial charge in [0, 0.05) is 13.1 Å². The molecule has 0 atom stereocenters. The number of rotatable bonds is 6. The maximum Gasteiger partial charge on any atom is 0.0594 e. The predicted octanol–water partition coefficient (Wildman–Crippen LogP) is 3.46. The lowest BCUT2D eigenvalue weighted by Gasteiger charge is -2.26. The third kappa shape index (κ3) is 4.96. The first-order valence-electron chi connectivity index (χ1n) is 7.64. The van der Waals surface area contributed by atoms with Crippen LogP contribution in [0.25, 0.3) is 0 Å². The fraction of sp³-hybridized carbons (Fsp3) is 0.647. The second-order valence-corrected chi connectivity index (χ2v) is 5.81. The molecule has 1 heterocycles. The zero-order valence-electron chi connectivity index (χ0n) is 12.4. The number of morpholine rings is 1. The van der Waals surface area contributed by atoms with E-state index < -0.39 is 0 Å². The van der Waals surface area contributed by atoms with Crippen molar-refractivity contribution in [1.29, 1.82) is 0 Å². The van der Waals surface area contributed by atoms with Gasteiger partial charge in [-0.25, -0.2) is 0 Å². The Hall–Kier alpha value is -0.860. The van der Waals surface area contributed by atoms with Crippen LogP contribution in [0.5, 0.6) is 0 Å². The average Bonchev–Trinajstić information content (AvgIpc) is 2.45. The molecule has 0 saturated carbocycles. The molecule has 1 aliphatic rings. The van der Waals surface area contributed by atoms with Crippen LogP contribution in [0.4, 0.5) is 0 Å². The Bertz CT molecular complexity index is 352. The van der Waals surface area contributed by atoms with Gasteiger partial charge >= 0.3 is 0 Å². The topological polar surface area (TPSA) is 12.5 Å². The fourth-order valence-electron chi connectivity index (χ4n) is 2.56. The summed E-state index contributed by atoms with van der Waals surface area (Å²) in [5.74, 6) is 0.635. The second-order valence-electron chi connectivity index (χ2n) is 5.81. The molecule has 2 nitrogen and oxygen atoms in total. The highest BCUT2D eigenvalue weighted by atomic mass is 16.5. The van der Waals surface area contributed by atoms with Gasteiger partial charge in [-0.2, -0.15) is 0 Å². The van der Waals surface area contributed by atoms with Crippen molar-refractivity contribution in [3.63, 3.8) is 0 Å². The number of ether oxygens (including phenoxy) is 1. The number of hydrogen-bond donors (Lipinski definition) is 0. The van der Waals surface area contributed by atoms with Crippen molar-refractivity contribution >= 4 is 0 Å². The van der Waals surface area contributed by atoms with E-state index >= 15 is 0 Å². The van der Waals surface area contributed by atoms with E-state index in [9.17, 15) is 0 Å². The molecule has 1 saturated heterocycles. The molecule has 0 bridgehead atoms. The van der Waals surface area contributed by atoms with Crippen LogP contribution in [0.3, 0.4) is 0 Å². The molecule has 0 aliphatic carbocycles. The summed E-state index contributed by atoms with van der Waals surface area (Å²) in [6, 6.07) is 9.15. The largest absolute Gasteiger partial charge is 0.379 e. The maximum absolute atomic E-state index is 5.36. The molecule has 0 radical (unpaired) electrons. The van der Waals surface area contributed by atoms with Crippen molar-refractivity contribution in [2.24, 2.45) is 0 Å². The molecule has 0 unspecified atom stereocenters. The fourth-order valence-corrected chi connectivity index (χ4v) is 2.56. The Morgan fingerprint density at radius 1 is 1.05 bits per heavy atom. The minimum absolute atomic E-state index is 0.635. The molecule has 0 aromatic heterocycles. The van der Waals surface area contributed by atoms with E-state index in [0.717, 1.165) is 26.3 Å². The van der Waals surface area contributed by atoms with Gasteiger partial charge in [0.05, 0.1) is 13.2 Å². The third-order valence-electron chi connectivity index (χ3n) is 3.94. The normalized spacial score (nSPS) is 17.0. The quantitative estimate of drug-likeness (QED) is 0.727. The Balaban J connectivity index is 1.64. The van der Waals surface area contributed by atoms with Crippen LogP contribution in [0.2, 0.25) is 0 Å². The lowest BCUT2D eigenvalue weighted by Crippen LogP contribution is -2.36. The third-order valence-corrected chi connectivity index (χ3v) is 3.94. The SMILES string of the molecule is CC(C)c1ccc(CCCCN2CCOCC2)cc1. The Morgan fingerprint density at radius 2 is 1.74 bits per heavy atom. The zero-order valence-corrected chi connectivity index (χ0v) is 12.4. The van der Waals surface area contributed by atoms with Crippen molar-refractivity contribution in [1.82, 2.24) is 4.90 Å². The van der Waals surface area contributed by atoms with Gasteiger partial charge in [-0.05, 0) is 42.9 Å². The first-order valence-corrected chi connectivity index (χ1v) is 7.64. The molecule has 19 heavy (non-hydrogen) atoms. The number of unbranched alkanes of at least 4 members (excludes halogenated alkanes) is 1. The standard InChI is InChI=1S/C17H27NO/c1-15(2)17-8-6-16(7-9-17)5-3-4-10-18-11-13-19-14-12-18/h6-9,15H,3-5,10-14H2,1-2H3. The van der Waals surface area contributed by atoms with Crippen molar-refractivity contribution < 1.29 is 4.74 Å². The Labute approximate surface area is 117 Å². The predicted molar refractivity (Wildman–Crippen MR) is 80.7 cm³/mol. The smallest absolute Gasteiger partial charge is 0.0594 e. The summed E-state index contributed by atoms with van der Waals surface area (Å²) >= 11 is 0. The number of aryl methyl sites for hydroxylation is 1. The summed E-state index contributed by atoms with van der Waals surface area (Å²) in [5, 5.41) is 0. The summed E-state index contributed by atoms with van der Waals surface area (Å²) in [6.07, 6.45) is 3.80. The summed E-state index contributed by atoms with van der Waals surface area (Å²) in [7, 11) is 0. The first-order chi connectivity index (χ1) is 9.25. The summed E-state index contributed by atoms with van der Waals surface area (Å²) < 4.78 is 5.36. The van der Waals surface area contributed by atoms with Crippen molar-refractivity contribution in [2.45, 2.75) is 39.0 Å². The molecule has 1 aliphatic heterocycles. The van der Waals surface area contributed by atoms with Crippen molar-refractivity contribution in [3.05, 3.63) is 35.4 Å². The number of benzene rings is 1. The minimum Gasteiger partial charge on any atom is -0.379 e. The monoisotopic (exact) mass is 261 g/mol. The highest BCUT2D eigenvalue weighted by molar-refractivity contribution is 5.24. The molecular weight excluding hydrogens is 234 g/mol. The molecular formula is C17H27NO. The van der Waals surface area contributed by atoms with E-state index in [0.29, 0.717) is 5.92 Å². The molecule has 1 fully saturated rings. The van der Waals surface area contributed by atoms with Crippen LogP contribution in [0.15, 0.2) is 24.3 Å². The Morgan fingerprint density at radius 3 is 2.37 bits per heavy atom. The van der Waals surface area contributed by atoms with Crippen LogP contribution in [0, 0.1) is 0 Å². The molecule has 2 rings (SSSR count). The summed E-state index contributed by atoms with van der Waals surface area (Å²) in [6.45, 7) is 9.78. The maximum atomic E-state index is 5.36. The summed E-state index contributed by atoms with van der Waals surface area (Å²) in [4.78, 5) is 2.52. The van der Waals surface area contributed by atoms with E-state index in [-0.39, 0.29) is 0 Å². The highest BCUT2D eigenvalue weighted by Gasteiger charge is 2.09. The zero-order chi connectivity index (χ0) is 13.5. The van der Waals surface area contributed by atoms with Crippen LogP contribution >= 0.6 is 0 Å². The molecule has 1 aromatic carbocycles. The van der Waals surface area contributed by atoms with Gasteiger partial charge in [-0.3, -0.25) is 4.90 Å². The first kappa shape index (κ1) is 14.5. The molecule has 2 heteroatoms. The molecule has 0 amide bonds. The van der Waals surface area contributed by atoms with E-state index in [4.69, 9.17) is 4.74 Å².